The lowest BCUT2D eigenvalue weighted by atomic mass is 9.92. The molecule has 1 spiro atoms. The van der Waals surface area contributed by atoms with Gasteiger partial charge in [0, 0.05) is 31.9 Å². The average molecular weight is 472 g/mol. The largest absolute Gasteiger partial charge is 0.416 e. The summed E-state index contributed by atoms with van der Waals surface area (Å²) in [4.78, 5) is 43.1. The summed E-state index contributed by atoms with van der Waals surface area (Å²) >= 11 is 0. The number of rotatable bonds is 3. The van der Waals surface area contributed by atoms with Gasteiger partial charge < -0.3 is 15.1 Å². The third kappa shape index (κ3) is 3.66. The number of carbonyl (C=O) groups is 3. The number of hydrogen-bond acceptors (Lipinski definition) is 4. The van der Waals surface area contributed by atoms with E-state index in [-0.39, 0.29) is 25.5 Å². The second kappa shape index (κ2) is 8.03. The summed E-state index contributed by atoms with van der Waals surface area (Å²) in [7, 11) is 0. The number of alkyl halides is 3. The number of imide groups is 1. The molecule has 10 heteroatoms. The van der Waals surface area contributed by atoms with Crippen LogP contribution in [-0.4, -0.2) is 60.4 Å². The van der Waals surface area contributed by atoms with Gasteiger partial charge in [-0.2, -0.15) is 13.2 Å². The second-order valence-electron chi connectivity index (χ2n) is 8.80. The number of urea groups is 1. The lowest BCUT2D eigenvalue weighted by Gasteiger charge is -2.36. The molecule has 2 heterocycles. The topological polar surface area (TPSA) is 73.0 Å². The molecule has 1 aliphatic carbocycles. The van der Waals surface area contributed by atoms with Crippen molar-refractivity contribution in [3.05, 3.63) is 65.2 Å². The van der Waals surface area contributed by atoms with Crippen molar-refractivity contribution in [1.29, 1.82) is 0 Å². The predicted molar refractivity (Wildman–Crippen MR) is 117 cm³/mol. The molecule has 2 aromatic rings. The molecule has 2 aromatic carbocycles. The maximum absolute atomic E-state index is 13.2. The molecule has 178 valence electrons. The summed E-state index contributed by atoms with van der Waals surface area (Å²) in [6, 6.07) is 12.0. The summed E-state index contributed by atoms with van der Waals surface area (Å²) in [5, 5.41) is 2.81. The molecule has 2 saturated heterocycles. The van der Waals surface area contributed by atoms with Crippen LogP contribution in [0.15, 0.2) is 48.5 Å². The zero-order valence-electron chi connectivity index (χ0n) is 18.3. The third-order valence-electron chi connectivity index (χ3n) is 6.89. The Bertz CT molecular complexity index is 1160. The molecule has 5 rings (SSSR count). The minimum absolute atomic E-state index is 0.284. The molecule has 7 nitrogen and oxygen atoms in total. The number of carbonyl (C=O) groups excluding carboxylic acids is 3. The average Bonchev–Trinajstić information content (AvgIpc) is 3.31. The van der Waals surface area contributed by atoms with Crippen LogP contribution in [0.4, 0.5) is 23.7 Å². The highest BCUT2D eigenvalue weighted by atomic mass is 19.4. The van der Waals surface area contributed by atoms with Crippen LogP contribution in [0.25, 0.3) is 0 Å². The third-order valence-corrected chi connectivity index (χ3v) is 6.89. The van der Waals surface area contributed by atoms with Crippen LogP contribution < -0.4 is 10.2 Å². The van der Waals surface area contributed by atoms with Crippen molar-refractivity contribution < 1.29 is 27.6 Å². The van der Waals surface area contributed by atoms with Gasteiger partial charge in [0.2, 0.25) is 5.91 Å². The number of nitrogens with zero attached hydrogens (tertiary/aromatic N) is 3. The van der Waals surface area contributed by atoms with E-state index in [0.29, 0.717) is 31.6 Å². The minimum atomic E-state index is -4.42. The molecular weight excluding hydrogens is 449 g/mol. The minimum Gasteiger partial charge on any atom is -0.368 e. The van der Waals surface area contributed by atoms with Crippen molar-refractivity contribution in [1.82, 2.24) is 15.1 Å². The molecule has 1 N–H and O–H groups in total. The Labute approximate surface area is 194 Å². The van der Waals surface area contributed by atoms with Gasteiger partial charge in [0.05, 0.1) is 5.56 Å². The Hall–Kier alpha value is -3.56. The van der Waals surface area contributed by atoms with Gasteiger partial charge in [-0.15, -0.1) is 0 Å². The highest BCUT2D eigenvalue weighted by Gasteiger charge is 2.55. The van der Waals surface area contributed by atoms with E-state index in [9.17, 15) is 27.6 Å². The van der Waals surface area contributed by atoms with Crippen molar-refractivity contribution in [3.8, 4) is 0 Å². The fourth-order valence-corrected chi connectivity index (χ4v) is 5.06. The lowest BCUT2D eigenvalue weighted by Crippen LogP contribution is -2.52. The summed E-state index contributed by atoms with van der Waals surface area (Å²) in [5.41, 5.74) is 0.395. The first-order chi connectivity index (χ1) is 16.2. The Morgan fingerprint density at radius 3 is 2.47 bits per heavy atom. The number of anilines is 1. The van der Waals surface area contributed by atoms with E-state index in [1.54, 1.807) is 11.0 Å². The highest BCUT2D eigenvalue weighted by molar-refractivity contribution is 6.09. The molecular formula is C24H23F3N4O3. The zero-order chi connectivity index (χ0) is 24.1. The van der Waals surface area contributed by atoms with Crippen LogP contribution in [0.5, 0.6) is 0 Å². The van der Waals surface area contributed by atoms with Crippen molar-refractivity contribution in [2.24, 2.45) is 0 Å². The summed E-state index contributed by atoms with van der Waals surface area (Å²) in [6.45, 7) is 0.909. The number of hydrogen-bond donors (Lipinski definition) is 1. The van der Waals surface area contributed by atoms with Crippen LogP contribution in [0, 0.1) is 0 Å². The maximum atomic E-state index is 13.2. The van der Waals surface area contributed by atoms with Crippen molar-refractivity contribution in [2.75, 3.05) is 37.6 Å². The number of amides is 4. The first-order valence-electron chi connectivity index (χ1n) is 11.1. The predicted octanol–water partition coefficient (Wildman–Crippen LogP) is 2.75. The van der Waals surface area contributed by atoms with Crippen LogP contribution in [0.2, 0.25) is 0 Å². The first-order valence-corrected chi connectivity index (χ1v) is 11.1. The lowest BCUT2D eigenvalue weighted by molar-refractivity contribution is -0.139. The van der Waals surface area contributed by atoms with Crippen LogP contribution in [0.1, 0.15) is 23.1 Å². The molecule has 1 atom stereocenters. The SMILES string of the molecule is O=C(CN1C(=O)NC2(CCc3ccccc32)C1=O)N1CCN(c2cccc(C(F)(F)F)c2)CC1. The molecule has 0 radical (unpaired) electrons. The number of halogens is 3. The van der Waals surface area contributed by atoms with Gasteiger partial charge in [-0.1, -0.05) is 30.3 Å². The fourth-order valence-electron chi connectivity index (χ4n) is 5.06. The fraction of sp³-hybridized carbons (Fsp3) is 0.375. The molecule has 2 aliphatic heterocycles. The number of piperazine rings is 1. The van der Waals surface area contributed by atoms with E-state index >= 15 is 0 Å². The van der Waals surface area contributed by atoms with Crippen molar-refractivity contribution >= 4 is 23.5 Å². The number of benzene rings is 2. The van der Waals surface area contributed by atoms with Gasteiger partial charge in [0.1, 0.15) is 12.1 Å². The van der Waals surface area contributed by atoms with E-state index in [2.05, 4.69) is 5.32 Å². The van der Waals surface area contributed by atoms with Crippen molar-refractivity contribution in [2.45, 2.75) is 24.6 Å². The van der Waals surface area contributed by atoms with E-state index in [1.807, 2.05) is 24.3 Å². The molecule has 3 aliphatic rings. The monoisotopic (exact) mass is 472 g/mol. The Kier molecular flexibility index (Phi) is 5.26. The standard InChI is InChI=1S/C24H23F3N4O3/c25-24(26,27)17-5-3-6-18(14-17)29-10-12-30(13-11-29)20(32)15-31-21(33)23(28-22(31)34)9-8-16-4-1-2-7-19(16)23/h1-7,14H,8-13,15H2,(H,28,34). The van der Waals surface area contributed by atoms with Crippen LogP contribution in [-0.2, 0) is 27.7 Å². The van der Waals surface area contributed by atoms with Gasteiger partial charge in [0.15, 0.2) is 0 Å². The molecule has 4 amide bonds. The van der Waals surface area contributed by atoms with Gasteiger partial charge in [-0.05, 0) is 42.2 Å². The molecule has 0 aromatic heterocycles. The Morgan fingerprint density at radius 1 is 1.00 bits per heavy atom. The quantitative estimate of drug-likeness (QED) is 0.698. The number of aryl methyl sites for hydroxylation is 1. The molecule has 0 bridgehead atoms. The highest BCUT2D eigenvalue weighted by Crippen LogP contribution is 2.41. The molecule has 34 heavy (non-hydrogen) atoms. The maximum Gasteiger partial charge on any atom is 0.416 e. The van der Waals surface area contributed by atoms with Gasteiger partial charge in [-0.25, -0.2) is 4.79 Å². The summed E-state index contributed by atoms with van der Waals surface area (Å²) < 4.78 is 39.0. The number of nitrogens with one attached hydrogen (secondary N) is 1. The van der Waals surface area contributed by atoms with Crippen molar-refractivity contribution in [3.63, 3.8) is 0 Å². The smallest absolute Gasteiger partial charge is 0.368 e. The normalized spacial score (nSPS) is 22.4. The molecule has 0 saturated carbocycles. The molecule has 1 unspecified atom stereocenters. The zero-order valence-corrected chi connectivity index (χ0v) is 18.3. The van der Waals surface area contributed by atoms with E-state index < -0.39 is 29.2 Å². The number of fused-ring (bicyclic) bond motifs is 2. The first kappa shape index (κ1) is 22.2. The summed E-state index contributed by atoms with van der Waals surface area (Å²) in [5.74, 6) is -0.783. The Balaban J connectivity index is 1.23. The van der Waals surface area contributed by atoms with Crippen LogP contribution >= 0.6 is 0 Å². The van der Waals surface area contributed by atoms with Crippen LogP contribution in [0.3, 0.4) is 0 Å². The second-order valence-corrected chi connectivity index (χ2v) is 8.80. The van der Waals surface area contributed by atoms with Gasteiger partial charge in [-0.3, -0.25) is 14.5 Å². The Morgan fingerprint density at radius 2 is 1.74 bits per heavy atom. The van der Waals surface area contributed by atoms with Gasteiger partial charge >= 0.3 is 12.2 Å². The summed E-state index contributed by atoms with van der Waals surface area (Å²) in [6.07, 6.45) is -3.30. The van der Waals surface area contributed by atoms with E-state index in [4.69, 9.17) is 0 Å². The molecule has 2 fully saturated rings. The van der Waals surface area contributed by atoms with E-state index in [0.717, 1.165) is 28.2 Å². The van der Waals surface area contributed by atoms with Gasteiger partial charge in [0.25, 0.3) is 5.91 Å². The van der Waals surface area contributed by atoms with E-state index in [1.165, 1.54) is 11.0 Å².